The maximum atomic E-state index is 12.7. The maximum absolute atomic E-state index is 12.7. The molecule has 3 aromatic rings. The second-order valence-corrected chi connectivity index (χ2v) is 10.5. The standard InChI is InChI=1S/C30H34N6O5/c1-19(33-29(38)26-6-4-16-36(26)40)20-7-9-21(10-8-20)22-11-13-23(14-12-22)24-17-31-28(34-24)25-5-3-15-35(25)27(37)18-32-30(39)41-2/h7-14,17,19,25-26H,3-6,15-16,18H2,1-2H3,(H2-,31,32,33,34,38,39)/p+1. The maximum Gasteiger partial charge on any atom is 0.407 e. The fourth-order valence-corrected chi connectivity index (χ4v) is 5.53. The van der Waals surface area contributed by atoms with Crippen LogP contribution in [0.3, 0.4) is 0 Å². The van der Waals surface area contributed by atoms with Gasteiger partial charge in [-0.25, -0.2) is 9.78 Å². The minimum Gasteiger partial charge on any atom is -0.453 e. The van der Waals surface area contributed by atoms with Crippen LogP contribution in [-0.2, 0) is 14.3 Å². The van der Waals surface area contributed by atoms with E-state index in [1.165, 1.54) is 7.11 Å². The van der Waals surface area contributed by atoms with Crippen molar-refractivity contribution in [3.63, 3.8) is 0 Å². The second kappa shape index (κ2) is 12.3. The van der Waals surface area contributed by atoms with Gasteiger partial charge in [0.15, 0.2) is 6.54 Å². The molecule has 11 heteroatoms. The number of carbonyl (C=O) groups is 3. The van der Waals surface area contributed by atoms with Crippen molar-refractivity contribution in [2.45, 2.75) is 50.7 Å². The number of alkyl carbamates (subject to hydrolysis) is 1. The molecule has 41 heavy (non-hydrogen) atoms. The summed E-state index contributed by atoms with van der Waals surface area (Å²) in [5, 5.41) is 5.41. The summed E-state index contributed by atoms with van der Waals surface area (Å²) >= 11 is 0. The van der Waals surface area contributed by atoms with Crippen molar-refractivity contribution in [2.24, 2.45) is 0 Å². The summed E-state index contributed by atoms with van der Waals surface area (Å²) in [7, 11) is 1.26. The molecule has 0 aliphatic carbocycles. The van der Waals surface area contributed by atoms with Crippen LogP contribution in [0.4, 0.5) is 4.79 Å². The lowest BCUT2D eigenvalue weighted by atomic mass is 10.00. The van der Waals surface area contributed by atoms with Crippen LogP contribution in [0.1, 0.15) is 56.1 Å². The van der Waals surface area contributed by atoms with Gasteiger partial charge in [0, 0.05) is 29.1 Å². The molecule has 2 saturated heterocycles. The molecule has 2 aliphatic heterocycles. The van der Waals surface area contributed by atoms with Gasteiger partial charge < -0.3 is 25.3 Å². The molecule has 3 unspecified atom stereocenters. The van der Waals surface area contributed by atoms with Gasteiger partial charge in [-0.3, -0.25) is 9.59 Å². The molecule has 0 radical (unpaired) electrons. The van der Waals surface area contributed by atoms with Crippen molar-refractivity contribution >= 4 is 17.9 Å². The first-order chi connectivity index (χ1) is 19.8. The van der Waals surface area contributed by atoms with E-state index in [-0.39, 0.29) is 30.4 Å². The summed E-state index contributed by atoms with van der Waals surface area (Å²) in [6.07, 6.45) is 4.16. The van der Waals surface area contributed by atoms with E-state index in [2.05, 4.69) is 25.3 Å². The Morgan fingerprint density at radius 1 is 1.05 bits per heavy atom. The number of hydrogen-bond donors (Lipinski definition) is 3. The summed E-state index contributed by atoms with van der Waals surface area (Å²) in [6, 6.07) is 15.2. The van der Waals surface area contributed by atoms with E-state index in [0.717, 1.165) is 57.8 Å². The van der Waals surface area contributed by atoms with Gasteiger partial charge in [-0.15, -0.1) is 0 Å². The van der Waals surface area contributed by atoms with Gasteiger partial charge in [0.2, 0.25) is 5.91 Å². The molecule has 11 nitrogen and oxygen atoms in total. The van der Waals surface area contributed by atoms with E-state index in [1.54, 1.807) is 11.1 Å². The molecular weight excluding hydrogens is 524 g/mol. The number of aromatic nitrogens is 2. The third-order valence-corrected chi connectivity index (χ3v) is 7.86. The van der Waals surface area contributed by atoms with Gasteiger partial charge >= 0.3 is 6.09 Å². The number of nitrogens with one attached hydrogen (secondary N) is 3. The quantitative estimate of drug-likeness (QED) is 0.358. The first-order valence-electron chi connectivity index (χ1n) is 13.9. The Labute approximate surface area is 238 Å². The molecule has 214 valence electrons. The van der Waals surface area contributed by atoms with Gasteiger partial charge in [0.1, 0.15) is 12.4 Å². The number of methoxy groups -OCH3 is 1. The minimum absolute atomic E-state index is 0.118. The predicted molar refractivity (Wildman–Crippen MR) is 152 cm³/mol. The predicted octanol–water partition coefficient (Wildman–Crippen LogP) is 3.88. The van der Waals surface area contributed by atoms with Crippen LogP contribution in [0.15, 0.2) is 54.7 Å². The Bertz CT molecular complexity index is 1420. The molecule has 2 fully saturated rings. The SMILES string of the molecule is COC(=O)NCC(=O)N1CCCC1c1ncc(-c2ccc(-c3ccc(C(C)NC(=O)C4CCC[N+]4=O)cc3)cc2)[nH]1. The lowest BCUT2D eigenvalue weighted by molar-refractivity contribution is -0.551. The van der Waals surface area contributed by atoms with Crippen LogP contribution < -0.4 is 10.6 Å². The monoisotopic (exact) mass is 559 g/mol. The molecule has 2 aromatic carbocycles. The van der Waals surface area contributed by atoms with Gasteiger partial charge in [0.05, 0.1) is 31.1 Å². The zero-order valence-electron chi connectivity index (χ0n) is 23.3. The molecule has 3 amide bonds. The second-order valence-electron chi connectivity index (χ2n) is 10.5. The van der Waals surface area contributed by atoms with E-state index in [1.807, 2.05) is 55.5 Å². The first-order valence-corrected chi connectivity index (χ1v) is 13.9. The number of nitrogens with zero attached hydrogens (tertiary/aromatic N) is 3. The molecule has 3 heterocycles. The topological polar surface area (TPSA) is 136 Å². The van der Waals surface area contributed by atoms with Gasteiger partial charge in [-0.2, -0.15) is 0 Å². The number of ether oxygens (including phenoxy) is 1. The molecule has 0 bridgehead atoms. The van der Waals surface area contributed by atoms with E-state index >= 15 is 0 Å². The number of carbonyl (C=O) groups excluding carboxylic acids is 3. The van der Waals surface area contributed by atoms with E-state index in [4.69, 9.17) is 0 Å². The van der Waals surface area contributed by atoms with Crippen LogP contribution >= 0.6 is 0 Å². The molecule has 3 atom stereocenters. The average molecular weight is 560 g/mol. The van der Waals surface area contributed by atoms with Crippen LogP contribution in [0.5, 0.6) is 0 Å². The largest absolute Gasteiger partial charge is 0.453 e. The molecule has 0 spiro atoms. The Balaban J connectivity index is 1.21. The number of H-pyrrole nitrogens is 1. The van der Waals surface area contributed by atoms with E-state index in [0.29, 0.717) is 19.5 Å². The Morgan fingerprint density at radius 2 is 1.73 bits per heavy atom. The molecular formula is C30H35N6O5+. The molecule has 3 N–H and O–H groups in total. The van der Waals surface area contributed by atoms with Crippen molar-refractivity contribution in [3.05, 3.63) is 71.0 Å². The van der Waals surface area contributed by atoms with E-state index < -0.39 is 12.1 Å². The number of hydrogen-bond acceptors (Lipinski definition) is 6. The van der Waals surface area contributed by atoms with Crippen LogP contribution in [0.25, 0.3) is 22.4 Å². The normalized spacial score (nSPS) is 19.2. The third-order valence-electron chi connectivity index (χ3n) is 7.86. The Kier molecular flexibility index (Phi) is 8.42. The highest BCUT2D eigenvalue weighted by Crippen LogP contribution is 2.32. The number of imidazole rings is 1. The molecule has 2 aliphatic rings. The highest BCUT2D eigenvalue weighted by Gasteiger charge is 2.38. The highest BCUT2D eigenvalue weighted by atomic mass is 16.5. The third kappa shape index (κ3) is 6.29. The minimum atomic E-state index is -0.635. The molecule has 5 rings (SSSR count). The van der Waals surface area contributed by atoms with Crippen molar-refractivity contribution in [1.29, 1.82) is 0 Å². The smallest absolute Gasteiger partial charge is 0.407 e. The highest BCUT2D eigenvalue weighted by molar-refractivity contribution is 5.83. The van der Waals surface area contributed by atoms with Crippen molar-refractivity contribution in [1.82, 2.24) is 25.5 Å². The zero-order chi connectivity index (χ0) is 28.9. The lowest BCUT2D eigenvalue weighted by Gasteiger charge is -2.23. The number of nitroso groups, excluding NO2 is 1. The summed E-state index contributed by atoms with van der Waals surface area (Å²) in [6.45, 7) is 2.83. The van der Waals surface area contributed by atoms with Crippen LogP contribution in [0, 0.1) is 4.91 Å². The van der Waals surface area contributed by atoms with Crippen molar-refractivity contribution in [3.8, 4) is 22.4 Å². The van der Waals surface area contributed by atoms with E-state index in [9.17, 15) is 19.3 Å². The summed E-state index contributed by atoms with van der Waals surface area (Å²) < 4.78 is 5.42. The summed E-state index contributed by atoms with van der Waals surface area (Å²) in [5.74, 6) is 0.334. The van der Waals surface area contributed by atoms with Gasteiger partial charge in [0.25, 0.3) is 11.9 Å². The lowest BCUT2D eigenvalue weighted by Crippen LogP contribution is -2.40. The fourth-order valence-electron chi connectivity index (χ4n) is 5.53. The molecule has 0 saturated carbocycles. The molecule has 1 aromatic heterocycles. The van der Waals surface area contributed by atoms with Crippen LogP contribution in [-0.4, -0.2) is 70.3 Å². The number of aromatic amines is 1. The Hall–Kier alpha value is -4.54. The number of likely N-dealkylation sites (tertiary alicyclic amines) is 1. The number of benzene rings is 2. The average Bonchev–Trinajstić information content (AvgIpc) is 3.77. The number of amides is 3. The first kappa shape index (κ1) is 28.0. The Morgan fingerprint density at radius 3 is 2.39 bits per heavy atom. The van der Waals surface area contributed by atoms with Crippen LogP contribution in [0.2, 0.25) is 0 Å². The van der Waals surface area contributed by atoms with Gasteiger partial charge in [-0.05, 0) is 42.0 Å². The fraction of sp³-hybridized carbons (Fsp3) is 0.400. The zero-order valence-corrected chi connectivity index (χ0v) is 23.3. The van der Waals surface area contributed by atoms with Gasteiger partial charge in [-0.1, -0.05) is 48.5 Å². The number of rotatable bonds is 8. The van der Waals surface area contributed by atoms with Crippen molar-refractivity contribution < 1.29 is 23.9 Å². The summed E-state index contributed by atoms with van der Waals surface area (Å²) in [4.78, 5) is 58.0. The summed E-state index contributed by atoms with van der Waals surface area (Å²) in [5.41, 5.74) is 4.90. The van der Waals surface area contributed by atoms with Crippen molar-refractivity contribution in [2.75, 3.05) is 26.7 Å².